The Bertz CT molecular complexity index is 514. The maximum absolute atomic E-state index is 4.38. The fourth-order valence-electron chi connectivity index (χ4n) is 3.39. The first-order valence-electron chi connectivity index (χ1n) is 9.48. The number of nitrogens with zero attached hydrogens (tertiary/aromatic N) is 3. The van der Waals surface area contributed by atoms with Crippen molar-refractivity contribution in [2.45, 2.75) is 44.8 Å². The minimum Gasteiger partial charge on any atom is -0.356 e. The molecule has 0 bridgehead atoms. The van der Waals surface area contributed by atoms with Crippen molar-refractivity contribution in [1.29, 1.82) is 0 Å². The minimum atomic E-state index is 0.502. The second-order valence-corrected chi connectivity index (χ2v) is 7.33. The topological polar surface area (TPSA) is 42.9 Å². The summed E-state index contributed by atoms with van der Waals surface area (Å²) in [5.41, 5.74) is 1.40. The van der Waals surface area contributed by atoms with Crippen molar-refractivity contribution in [2.75, 3.05) is 40.8 Å². The molecule has 2 N–H and O–H groups in total. The zero-order valence-electron chi connectivity index (χ0n) is 16.3. The molecule has 2 rings (SSSR count). The molecule has 0 saturated carbocycles. The zero-order valence-corrected chi connectivity index (χ0v) is 16.3. The van der Waals surface area contributed by atoms with Gasteiger partial charge in [0.15, 0.2) is 5.96 Å². The Kier molecular flexibility index (Phi) is 8.22. The van der Waals surface area contributed by atoms with E-state index >= 15 is 0 Å². The highest BCUT2D eigenvalue weighted by atomic mass is 15.2. The maximum Gasteiger partial charge on any atom is 0.191 e. The first kappa shape index (κ1) is 19.7. The first-order chi connectivity index (χ1) is 12.1. The molecule has 2 unspecified atom stereocenters. The quantitative estimate of drug-likeness (QED) is 0.451. The molecule has 5 heteroatoms. The van der Waals surface area contributed by atoms with Gasteiger partial charge in [0.1, 0.15) is 0 Å². The van der Waals surface area contributed by atoms with Gasteiger partial charge < -0.3 is 15.5 Å². The van der Waals surface area contributed by atoms with Crippen LogP contribution in [0.25, 0.3) is 0 Å². The van der Waals surface area contributed by atoms with Crippen LogP contribution in [0.4, 0.5) is 0 Å². The summed E-state index contributed by atoms with van der Waals surface area (Å²) in [5, 5.41) is 7.04. The van der Waals surface area contributed by atoms with Gasteiger partial charge >= 0.3 is 0 Å². The van der Waals surface area contributed by atoms with E-state index in [0.717, 1.165) is 51.4 Å². The molecule has 0 aliphatic carbocycles. The lowest BCUT2D eigenvalue weighted by Gasteiger charge is -2.38. The smallest absolute Gasteiger partial charge is 0.191 e. The highest BCUT2D eigenvalue weighted by molar-refractivity contribution is 5.79. The molecular weight excluding hydrogens is 310 g/mol. The Morgan fingerprint density at radius 3 is 2.68 bits per heavy atom. The van der Waals surface area contributed by atoms with Crippen LogP contribution in [0.5, 0.6) is 0 Å². The van der Waals surface area contributed by atoms with E-state index in [9.17, 15) is 0 Å². The Labute approximate surface area is 153 Å². The summed E-state index contributed by atoms with van der Waals surface area (Å²) in [6.45, 7) is 6.57. The summed E-state index contributed by atoms with van der Waals surface area (Å²) in [5.74, 6) is 0.937. The molecule has 140 valence electrons. The number of hydrogen-bond donors (Lipinski definition) is 2. The number of aliphatic imine (C=N–C) groups is 1. The summed E-state index contributed by atoms with van der Waals surface area (Å²) in [7, 11) is 6.07. The van der Waals surface area contributed by atoms with Crippen molar-refractivity contribution in [3.63, 3.8) is 0 Å². The van der Waals surface area contributed by atoms with Crippen LogP contribution in [-0.4, -0.2) is 68.6 Å². The SMILES string of the molecule is CN=C(NCCCN(C)C)NC1CCN(Cc2ccccc2)C(C)C1. The highest BCUT2D eigenvalue weighted by Gasteiger charge is 2.25. The lowest BCUT2D eigenvalue weighted by molar-refractivity contribution is 0.134. The fourth-order valence-corrected chi connectivity index (χ4v) is 3.39. The van der Waals surface area contributed by atoms with E-state index in [1.165, 1.54) is 5.56 Å². The van der Waals surface area contributed by atoms with Gasteiger partial charge in [-0.3, -0.25) is 9.89 Å². The molecule has 1 aliphatic heterocycles. The minimum absolute atomic E-state index is 0.502. The lowest BCUT2D eigenvalue weighted by atomic mass is 9.97. The number of hydrogen-bond acceptors (Lipinski definition) is 3. The van der Waals surface area contributed by atoms with Crippen LogP contribution in [0.1, 0.15) is 31.7 Å². The molecule has 1 saturated heterocycles. The van der Waals surface area contributed by atoms with Gasteiger partial charge in [0.2, 0.25) is 0 Å². The van der Waals surface area contributed by atoms with E-state index in [1.54, 1.807) is 0 Å². The monoisotopic (exact) mass is 345 g/mol. The van der Waals surface area contributed by atoms with E-state index < -0.39 is 0 Å². The molecule has 1 heterocycles. The molecule has 1 aliphatic rings. The molecule has 5 nitrogen and oxygen atoms in total. The number of piperidine rings is 1. The number of likely N-dealkylation sites (tertiary alicyclic amines) is 1. The van der Waals surface area contributed by atoms with Crippen LogP contribution < -0.4 is 10.6 Å². The fraction of sp³-hybridized carbons (Fsp3) is 0.650. The molecule has 2 atom stereocenters. The van der Waals surface area contributed by atoms with E-state index in [1.807, 2.05) is 7.05 Å². The van der Waals surface area contributed by atoms with Gasteiger partial charge in [-0.15, -0.1) is 0 Å². The van der Waals surface area contributed by atoms with Crippen LogP contribution in [0.15, 0.2) is 35.3 Å². The van der Waals surface area contributed by atoms with E-state index in [0.29, 0.717) is 12.1 Å². The first-order valence-corrected chi connectivity index (χ1v) is 9.48. The van der Waals surface area contributed by atoms with Crippen molar-refractivity contribution in [3.8, 4) is 0 Å². The molecule has 1 aromatic rings. The van der Waals surface area contributed by atoms with E-state index in [-0.39, 0.29) is 0 Å². The third-order valence-corrected chi connectivity index (χ3v) is 4.88. The third-order valence-electron chi connectivity index (χ3n) is 4.88. The number of benzene rings is 1. The molecule has 0 aromatic heterocycles. The Hall–Kier alpha value is -1.59. The molecule has 0 amide bonds. The van der Waals surface area contributed by atoms with Gasteiger partial charge in [-0.25, -0.2) is 0 Å². The summed E-state index contributed by atoms with van der Waals surface area (Å²) < 4.78 is 0. The molecule has 0 radical (unpaired) electrons. The number of guanidine groups is 1. The average Bonchev–Trinajstić information content (AvgIpc) is 2.60. The number of rotatable bonds is 7. The summed E-state index contributed by atoms with van der Waals surface area (Å²) in [6, 6.07) is 11.9. The van der Waals surface area contributed by atoms with Gasteiger partial charge in [0, 0.05) is 38.8 Å². The summed E-state index contributed by atoms with van der Waals surface area (Å²) in [4.78, 5) is 9.17. The van der Waals surface area contributed by atoms with Gasteiger partial charge in [-0.1, -0.05) is 30.3 Å². The highest BCUT2D eigenvalue weighted by Crippen LogP contribution is 2.19. The maximum atomic E-state index is 4.38. The van der Waals surface area contributed by atoms with Gasteiger partial charge in [0.05, 0.1) is 0 Å². The second-order valence-electron chi connectivity index (χ2n) is 7.33. The Morgan fingerprint density at radius 2 is 2.04 bits per heavy atom. The predicted molar refractivity (Wildman–Crippen MR) is 107 cm³/mol. The molecular formula is C20H35N5. The van der Waals surface area contributed by atoms with Crippen LogP contribution in [0.3, 0.4) is 0 Å². The average molecular weight is 346 g/mol. The lowest BCUT2D eigenvalue weighted by Crippen LogP contribution is -2.51. The zero-order chi connectivity index (χ0) is 18.1. The van der Waals surface area contributed by atoms with Gasteiger partial charge in [-0.2, -0.15) is 0 Å². The van der Waals surface area contributed by atoms with Crippen molar-refractivity contribution in [3.05, 3.63) is 35.9 Å². The standard InChI is InChI=1S/C20H35N5/c1-17-15-19(23-20(21-2)22-12-8-13-24(3)4)11-14-25(17)16-18-9-6-5-7-10-18/h5-7,9-10,17,19H,8,11-16H2,1-4H3,(H2,21,22,23). The van der Waals surface area contributed by atoms with Crippen molar-refractivity contribution >= 4 is 5.96 Å². The van der Waals surface area contributed by atoms with Crippen LogP contribution in [0.2, 0.25) is 0 Å². The van der Waals surface area contributed by atoms with Crippen LogP contribution >= 0.6 is 0 Å². The van der Waals surface area contributed by atoms with E-state index in [4.69, 9.17) is 0 Å². The largest absolute Gasteiger partial charge is 0.356 e. The molecule has 25 heavy (non-hydrogen) atoms. The van der Waals surface area contributed by atoms with Crippen LogP contribution in [0, 0.1) is 0 Å². The van der Waals surface area contributed by atoms with Crippen molar-refractivity contribution in [2.24, 2.45) is 4.99 Å². The second kappa shape index (κ2) is 10.4. The summed E-state index contributed by atoms with van der Waals surface area (Å²) in [6.07, 6.45) is 3.44. The normalized spacial score (nSPS) is 22.2. The Balaban J connectivity index is 1.73. The van der Waals surface area contributed by atoms with Gasteiger partial charge in [0.25, 0.3) is 0 Å². The van der Waals surface area contributed by atoms with Crippen molar-refractivity contribution < 1.29 is 0 Å². The molecule has 1 fully saturated rings. The molecule has 1 aromatic carbocycles. The van der Waals surface area contributed by atoms with Gasteiger partial charge in [-0.05, 0) is 52.4 Å². The summed E-state index contributed by atoms with van der Waals surface area (Å²) >= 11 is 0. The predicted octanol–water partition coefficient (Wildman–Crippen LogP) is 2.16. The number of nitrogens with one attached hydrogen (secondary N) is 2. The molecule has 0 spiro atoms. The van der Waals surface area contributed by atoms with Crippen molar-refractivity contribution in [1.82, 2.24) is 20.4 Å². The van der Waals surface area contributed by atoms with E-state index in [2.05, 4.69) is 76.8 Å². The Morgan fingerprint density at radius 1 is 1.28 bits per heavy atom. The third kappa shape index (κ3) is 7.04. The van der Waals surface area contributed by atoms with Crippen LogP contribution in [-0.2, 0) is 6.54 Å².